The van der Waals surface area contributed by atoms with Crippen molar-refractivity contribution in [2.45, 2.75) is 38.6 Å². The van der Waals surface area contributed by atoms with E-state index in [-0.39, 0.29) is 23.8 Å². The van der Waals surface area contributed by atoms with Crippen LogP contribution in [0.4, 0.5) is 5.82 Å². The zero-order chi connectivity index (χ0) is 28.1. The van der Waals surface area contributed by atoms with E-state index in [0.29, 0.717) is 31.3 Å². The number of nitrogens with zero attached hydrogens (tertiary/aromatic N) is 4. The lowest BCUT2D eigenvalue weighted by Gasteiger charge is -2.36. The summed E-state index contributed by atoms with van der Waals surface area (Å²) < 4.78 is 0. The maximum absolute atomic E-state index is 13.8. The lowest BCUT2D eigenvalue weighted by Crippen LogP contribution is -2.49. The molecule has 4 N–H and O–H groups in total. The molecule has 0 bridgehead atoms. The van der Waals surface area contributed by atoms with Gasteiger partial charge in [0.05, 0.1) is 24.0 Å². The summed E-state index contributed by atoms with van der Waals surface area (Å²) in [4.78, 5) is 27.7. The van der Waals surface area contributed by atoms with Crippen molar-refractivity contribution in [2.24, 2.45) is 11.7 Å². The molecule has 8 heteroatoms. The molecule has 1 aliphatic rings. The number of nitrogens with one attached hydrogen (secondary N) is 1. The molecule has 0 spiro atoms. The number of carbonyl (C=O) groups is 1. The first-order chi connectivity index (χ1) is 19.4. The standard InChI is InChI=1S/C32H38N6O2/c1-22(2)29(30(33)39)36-31-25-15-9-10-16-26(25)34-27(35-31)21-37-17-19-38(20-18-37)32(40)28(23-11-5-3-6-12-23)24-13-7-4-8-14-24/h3-16,22,28-30,39H,17-21,33H2,1-2H3,(H,34,35,36)/t29-,30+/m0/s1. The molecule has 1 saturated heterocycles. The Labute approximate surface area is 235 Å². The van der Waals surface area contributed by atoms with Crippen LogP contribution in [-0.2, 0) is 11.3 Å². The molecule has 1 aromatic heterocycles. The van der Waals surface area contributed by atoms with Gasteiger partial charge in [-0.25, -0.2) is 9.97 Å². The van der Waals surface area contributed by atoms with E-state index in [2.05, 4.69) is 10.2 Å². The van der Waals surface area contributed by atoms with Crippen LogP contribution >= 0.6 is 0 Å². The molecule has 8 nitrogen and oxygen atoms in total. The van der Waals surface area contributed by atoms with Crippen LogP contribution in [0.25, 0.3) is 10.9 Å². The van der Waals surface area contributed by atoms with Gasteiger partial charge in [0, 0.05) is 31.6 Å². The molecule has 3 aromatic carbocycles. The maximum Gasteiger partial charge on any atom is 0.234 e. The molecule has 2 atom stereocenters. The lowest BCUT2D eigenvalue weighted by atomic mass is 9.90. The van der Waals surface area contributed by atoms with E-state index >= 15 is 0 Å². The van der Waals surface area contributed by atoms with E-state index in [0.717, 1.165) is 35.1 Å². The zero-order valence-electron chi connectivity index (χ0n) is 23.1. The number of nitrogens with two attached hydrogens (primary N) is 1. The fraction of sp³-hybridized carbons (Fsp3) is 0.344. The number of aliphatic hydroxyl groups is 1. The van der Waals surface area contributed by atoms with Gasteiger partial charge in [-0.3, -0.25) is 9.69 Å². The van der Waals surface area contributed by atoms with Crippen LogP contribution in [0.5, 0.6) is 0 Å². The molecule has 1 amide bonds. The zero-order valence-corrected chi connectivity index (χ0v) is 23.1. The van der Waals surface area contributed by atoms with Crippen molar-refractivity contribution >= 4 is 22.6 Å². The predicted molar refractivity (Wildman–Crippen MR) is 159 cm³/mol. The van der Waals surface area contributed by atoms with Crippen molar-refractivity contribution in [3.63, 3.8) is 0 Å². The molecule has 40 heavy (non-hydrogen) atoms. The number of amides is 1. The number of carbonyl (C=O) groups excluding carboxylic acids is 1. The molecule has 208 valence electrons. The number of aromatic nitrogens is 2. The molecule has 0 unspecified atom stereocenters. The first-order valence-electron chi connectivity index (χ1n) is 14.0. The number of hydrogen-bond acceptors (Lipinski definition) is 7. The van der Waals surface area contributed by atoms with Crippen molar-refractivity contribution < 1.29 is 9.90 Å². The van der Waals surface area contributed by atoms with Crippen molar-refractivity contribution in [1.82, 2.24) is 19.8 Å². The fourth-order valence-corrected chi connectivity index (χ4v) is 5.39. The quantitative estimate of drug-likeness (QED) is 0.278. The van der Waals surface area contributed by atoms with Crippen molar-refractivity contribution in [3.05, 3.63) is 102 Å². The van der Waals surface area contributed by atoms with Gasteiger partial charge in [0.1, 0.15) is 17.9 Å². The van der Waals surface area contributed by atoms with Crippen molar-refractivity contribution in [2.75, 3.05) is 31.5 Å². The van der Waals surface area contributed by atoms with Gasteiger partial charge in [-0.1, -0.05) is 86.6 Å². The van der Waals surface area contributed by atoms with E-state index < -0.39 is 6.23 Å². The number of aliphatic hydroxyl groups excluding tert-OH is 1. The largest absolute Gasteiger partial charge is 0.377 e. The third kappa shape index (κ3) is 6.31. The van der Waals surface area contributed by atoms with Crippen LogP contribution in [-0.4, -0.2) is 69.2 Å². The second-order valence-corrected chi connectivity index (χ2v) is 10.8. The highest BCUT2D eigenvalue weighted by atomic mass is 16.3. The molecule has 2 heterocycles. The molecule has 4 aromatic rings. The summed E-state index contributed by atoms with van der Waals surface area (Å²) in [6.07, 6.45) is -1.02. The highest BCUT2D eigenvalue weighted by Crippen LogP contribution is 2.28. The normalized spacial score (nSPS) is 15.9. The molecular formula is C32H38N6O2. The number of anilines is 1. The maximum atomic E-state index is 13.8. The number of rotatable bonds is 9. The van der Waals surface area contributed by atoms with E-state index in [1.54, 1.807) is 0 Å². The number of fused-ring (bicyclic) bond motifs is 1. The minimum absolute atomic E-state index is 0.110. The van der Waals surface area contributed by atoms with Crippen LogP contribution in [0.3, 0.4) is 0 Å². The summed E-state index contributed by atoms with van der Waals surface area (Å²) in [5.41, 5.74) is 8.71. The Bertz CT molecular complexity index is 1360. The average Bonchev–Trinajstić information content (AvgIpc) is 2.97. The number of para-hydroxylation sites is 1. The third-order valence-corrected chi connectivity index (χ3v) is 7.60. The Kier molecular flexibility index (Phi) is 8.69. The number of hydrogen-bond donors (Lipinski definition) is 3. The summed E-state index contributed by atoms with van der Waals surface area (Å²) in [5.74, 6) is 1.29. The topological polar surface area (TPSA) is 108 Å². The van der Waals surface area contributed by atoms with Crippen LogP contribution in [0, 0.1) is 5.92 Å². The molecule has 0 aliphatic carbocycles. The second-order valence-electron chi connectivity index (χ2n) is 10.8. The number of piperazine rings is 1. The highest BCUT2D eigenvalue weighted by molar-refractivity contribution is 5.89. The molecular weight excluding hydrogens is 500 g/mol. The smallest absolute Gasteiger partial charge is 0.234 e. The summed E-state index contributed by atoms with van der Waals surface area (Å²) in [6.45, 7) is 7.34. The Hall–Kier alpha value is -3.85. The Morgan fingerprint density at radius 3 is 2.02 bits per heavy atom. The van der Waals surface area contributed by atoms with E-state index in [1.807, 2.05) is 104 Å². The van der Waals surface area contributed by atoms with Gasteiger partial charge in [0.2, 0.25) is 5.91 Å². The van der Waals surface area contributed by atoms with E-state index in [9.17, 15) is 9.90 Å². The molecule has 0 saturated carbocycles. The Balaban J connectivity index is 1.30. The third-order valence-electron chi connectivity index (χ3n) is 7.60. The molecule has 1 fully saturated rings. The van der Waals surface area contributed by atoms with E-state index in [1.165, 1.54) is 0 Å². The van der Waals surface area contributed by atoms with Gasteiger partial charge in [-0.15, -0.1) is 0 Å². The second kappa shape index (κ2) is 12.6. The fourth-order valence-electron chi connectivity index (χ4n) is 5.39. The minimum atomic E-state index is -1.02. The Morgan fingerprint density at radius 1 is 0.875 bits per heavy atom. The van der Waals surface area contributed by atoms with Gasteiger partial charge in [0.15, 0.2) is 0 Å². The van der Waals surface area contributed by atoms with Gasteiger partial charge >= 0.3 is 0 Å². The van der Waals surface area contributed by atoms with Crippen LogP contribution in [0.1, 0.15) is 36.7 Å². The van der Waals surface area contributed by atoms with Crippen molar-refractivity contribution in [1.29, 1.82) is 0 Å². The monoisotopic (exact) mass is 538 g/mol. The molecule has 5 rings (SSSR count). The molecule has 1 aliphatic heterocycles. The molecule has 0 radical (unpaired) electrons. The van der Waals surface area contributed by atoms with Crippen molar-refractivity contribution in [3.8, 4) is 0 Å². The first kappa shape index (κ1) is 27.7. The van der Waals surface area contributed by atoms with Crippen LogP contribution in [0.2, 0.25) is 0 Å². The summed E-state index contributed by atoms with van der Waals surface area (Å²) in [5, 5.41) is 14.4. The first-order valence-corrected chi connectivity index (χ1v) is 14.0. The highest BCUT2D eigenvalue weighted by Gasteiger charge is 2.30. The average molecular weight is 539 g/mol. The summed E-state index contributed by atoms with van der Waals surface area (Å²) >= 11 is 0. The lowest BCUT2D eigenvalue weighted by molar-refractivity contribution is -0.133. The number of benzene rings is 3. The van der Waals surface area contributed by atoms with Crippen LogP contribution < -0.4 is 11.1 Å². The van der Waals surface area contributed by atoms with Crippen LogP contribution in [0.15, 0.2) is 84.9 Å². The summed E-state index contributed by atoms with van der Waals surface area (Å²) in [7, 11) is 0. The van der Waals surface area contributed by atoms with Gasteiger partial charge in [-0.2, -0.15) is 0 Å². The van der Waals surface area contributed by atoms with Gasteiger partial charge in [0.25, 0.3) is 0 Å². The predicted octanol–water partition coefficient (Wildman–Crippen LogP) is 3.82. The van der Waals surface area contributed by atoms with Gasteiger partial charge in [-0.05, 0) is 29.2 Å². The van der Waals surface area contributed by atoms with Gasteiger partial charge < -0.3 is 21.1 Å². The summed E-state index contributed by atoms with van der Waals surface area (Å²) in [6, 6.07) is 27.5. The van der Waals surface area contributed by atoms with E-state index in [4.69, 9.17) is 15.7 Å². The minimum Gasteiger partial charge on any atom is -0.377 e. The Morgan fingerprint density at radius 2 is 1.45 bits per heavy atom. The SMILES string of the molecule is CC(C)[C@H](Nc1nc(CN2CCN(C(=O)C(c3ccccc3)c3ccccc3)CC2)nc2ccccc12)[C@H](N)O.